The number of hydrogen-bond acceptors (Lipinski definition) is 10. The number of nitrogen functional groups attached to an aromatic ring is 2. The minimum absolute atomic E-state index is 0.146. The molecule has 2 aromatic rings. The number of nitrogens with zero attached hydrogens (tertiary/aromatic N) is 2. The summed E-state index contributed by atoms with van der Waals surface area (Å²) >= 11 is 0. The molecular weight excluding hydrogens is 1010 g/mol. The van der Waals surface area contributed by atoms with Gasteiger partial charge in [0.1, 0.15) is 0 Å². The molecule has 2 aliphatic rings. The molecule has 0 spiro atoms. The predicted octanol–water partition coefficient (Wildman–Crippen LogP) is 11.1. The van der Waals surface area contributed by atoms with E-state index in [0.717, 1.165) is 55.7 Å². The van der Waals surface area contributed by atoms with Gasteiger partial charge in [-0.15, -0.1) is 0 Å². The molecule has 74 heavy (non-hydrogen) atoms. The fourth-order valence-electron chi connectivity index (χ4n) is 8.03. The van der Waals surface area contributed by atoms with E-state index in [-0.39, 0.29) is 34.5 Å². The van der Waals surface area contributed by atoms with Crippen LogP contribution in [0.2, 0.25) is 0 Å². The van der Waals surface area contributed by atoms with Crippen LogP contribution >= 0.6 is 0 Å². The third kappa shape index (κ3) is 19.6. The van der Waals surface area contributed by atoms with E-state index in [2.05, 4.69) is 128 Å². The highest BCUT2D eigenvalue weighted by Gasteiger charge is 2.44. The Kier molecular flexibility index (Phi) is 22.3. The summed E-state index contributed by atoms with van der Waals surface area (Å²) in [6, 6.07) is 3.33. The number of Topliss-reactive ketones (excluding diaryl/α,β-unsaturated/α-hetero) is 2. The topological polar surface area (TPSA) is 208 Å². The lowest BCUT2D eigenvalue weighted by atomic mass is 9.70. The van der Waals surface area contributed by atoms with Gasteiger partial charge in [-0.2, -0.15) is 35.5 Å². The SMILES string of the molecule is CC1=C(/C=C/C(C)=C/C=C/C(C)=C/C=C/C=C(C)/C=C/C=C(C)/C=C/C2=C(C)C(=O)C([n+]3cc(C)cc(N)c3)CC2(C)C)C(C)(C)CC([n+]2cc(C)cc(N)c2)C1=O.O=S(=O)([O-])C(F)(F)F.O=S(=O)([O-])C(F)(F)F. The number of carbonyl (C=O) groups excluding carboxylic acids is 2. The number of halogens is 6. The lowest BCUT2D eigenvalue weighted by molar-refractivity contribution is -0.710. The first-order valence-corrected chi connectivity index (χ1v) is 25.7. The highest BCUT2D eigenvalue weighted by atomic mass is 32.2. The van der Waals surface area contributed by atoms with E-state index in [4.69, 9.17) is 37.4 Å². The van der Waals surface area contributed by atoms with Crippen LogP contribution in [0.1, 0.15) is 105 Å². The Morgan fingerprint density at radius 3 is 1.09 bits per heavy atom. The van der Waals surface area contributed by atoms with E-state index >= 15 is 0 Å². The molecule has 404 valence electrons. The molecular formula is C54H66F6N4O8S2. The molecule has 0 radical (unpaired) electrons. The number of anilines is 2. The number of ketones is 2. The first kappa shape index (κ1) is 63.9. The summed E-state index contributed by atoms with van der Waals surface area (Å²) in [5, 5.41) is 0. The number of allylic oxidation sites excluding steroid dienone is 22. The van der Waals surface area contributed by atoms with Gasteiger partial charge in [0.15, 0.2) is 45.0 Å². The molecule has 2 aromatic heterocycles. The van der Waals surface area contributed by atoms with Crippen LogP contribution in [-0.4, -0.2) is 48.5 Å². The Morgan fingerprint density at radius 2 is 0.824 bits per heavy atom. The second-order valence-electron chi connectivity index (χ2n) is 19.4. The van der Waals surface area contributed by atoms with E-state index in [0.29, 0.717) is 24.2 Å². The third-order valence-electron chi connectivity index (χ3n) is 11.7. The van der Waals surface area contributed by atoms with Crippen molar-refractivity contribution in [2.24, 2.45) is 10.8 Å². The van der Waals surface area contributed by atoms with Gasteiger partial charge in [-0.3, -0.25) is 9.59 Å². The van der Waals surface area contributed by atoms with Gasteiger partial charge in [-0.1, -0.05) is 135 Å². The van der Waals surface area contributed by atoms with Gasteiger partial charge < -0.3 is 20.6 Å². The van der Waals surface area contributed by atoms with Gasteiger partial charge in [-0.05, 0) is 89.5 Å². The molecule has 0 aromatic carbocycles. The number of carbonyl (C=O) groups is 2. The number of aromatic nitrogens is 2. The van der Waals surface area contributed by atoms with Crippen molar-refractivity contribution in [3.05, 3.63) is 178 Å². The van der Waals surface area contributed by atoms with E-state index in [9.17, 15) is 35.9 Å². The van der Waals surface area contributed by atoms with Crippen molar-refractivity contribution in [1.82, 2.24) is 0 Å². The first-order valence-electron chi connectivity index (χ1n) is 22.9. The van der Waals surface area contributed by atoms with Crippen LogP contribution in [0.3, 0.4) is 0 Å². The predicted molar refractivity (Wildman–Crippen MR) is 274 cm³/mol. The molecule has 0 saturated heterocycles. The molecule has 2 unspecified atom stereocenters. The zero-order valence-electron chi connectivity index (χ0n) is 43.5. The molecule has 12 nitrogen and oxygen atoms in total. The normalized spacial score (nSPS) is 19.8. The summed E-state index contributed by atoms with van der Waals surface area (Å²) in [6.45, 7) is 25.0. The van der Waals surface area contributed by atoms with Crippen molar-refractivity contribution in [3.8, 4) is 0 Å². The third-order valence-corrected chi connectivity index (χ3v) is 12.8. The van der Waals surface area contributed by atoms with Crippen LogP contribution in [0, 0.1) is 24.7 Å². The van der Waals surface area contributed by atoms with Crippen LogP contribution in [0.4, 0.5) is 37.7 Å². The van der Waals surface area contributed by atoms with E-state index in [1.807, 2.05) is 85.9 Å². The van der Waals surface area contributed by atoms with Crippen molar-refractivity contribution in [2.45, 2.75) is 119 Å². The quantitative estimate of drug-likeness (QED) is 0.0675. The number of hydrogen-bond donors (Lipinski definition) is 2. The summed E-state index contributed by atoms with van der Waals surface area (Å²) in [7, 11) is -12.2. The first-order chi connectivity index (χ1) is 33.7. The number of aryl methyl sites for hydroxylation is 2. The van der Waals surface area contributed by atoms with Crippen molar-refractivity contribution in [3.63, 3.8) is 0 Å². The van der Waals surface area contributed by atoms with Gasteiger partial charge in [0.05, 0.1) is 11.4 Å². The van der Waals surface area contributed by atoms with Crippen LogP contribution in [-0.2, 0) is 29.8 Å². The maximum absolute atomic E-state index is 13.5. The van der Waals surface area contributed by atoms with Gasteiger partial charge in [0.25, 0.3) is 0 Å². The lowest BCUT2D eigenvalue weighted by Gasteiger charge is -2.34. The largest absolute Gasteiger partial charge is 0.741 e. The molecule has 2 atom stereocenters. The van der Waals surface area contributed by atoms with Crippen molar-refractivity contribution >= 4 is 43.2 Å². The van der Waals surface area contributed by atoms with E-state index < -0.39 is 31.3 Å². The Hall–Kier alpha value is -6.22. The minimum atomic E-state index is -6.09. The molecule has 0 saturated carbocycles. The highest BCUT2D eigenvalue weighted by molar-refractivity contribution is 7.86. The maximum Gasteiger partial charge on any atom is 0.485 e. The van der Waals surface area contributed by atoms with Crippen LogP contribution < -0.4 is 20.6 Å². The van der Waals surface area contributed by atoms with Gasteiger partial charge in [0, 0.05) is 35.1 Å². The Bertz CT molecular complexity index is 2780. The summed E-state index contributed by atoms with van der Waals surface area (Å²) in [5.41, 5.74) is 12.3. The lowest BCUT2D eigenvalue weighted by Crippen LogP contribution is -2.49. The van der Waals surface area contributed by atoms with E-state index in [1.165, 1.54) is 0 Å². The molecule has 20 heteroatoms. The average Bonchev–Trinajstić information content (AvgIpc) is 3.23. The average molecular weight is 1080 g/mol. The monoisotopic (exact) mass is 1080 g/mol. The fourth-order valence-corrected chi connectivity index (χ4v) is 8.03. The molecule has 4 rings (SSSR count). The Morgan fingerprint density at radius 1 is 0.554 bits per heavy atom. The highest BCUT2D eigenvalue weighted by Crippen LogP contribution is 2.44. The van der Waals surface area contributed by atoms with Crippen LogP contribution in [0.15, 0.2) is 167 Å². The minimum Gasteiger partial charge on any atom is -0.741 e. The second-order valence-corrected chi connectivity index (χ2v) is 22.2. The second kappa shape index (κ2) is 25.8. The summed E-state index contributed by atoms with van der Waals surface area (Å²) < 4.78 is 122. The van der Waals surface area contributed by atoms with Crippen molar-refractivity contribution < 1.29 is 71.0 Å². The summed E-state index contributed by atoms with van der Waals surface area (Å²) in [6.07, 6.45) is 38.3. The maximum atomic E-state index is 13.5. The Labute approximate surface area is 431 Å². The smallest absolute Gasteiger partial charge is 0.485 e. The molecule has 2 heterocycles. The molecule has 0 aliphatic heterocycles. The fraction of sp³-hybridized carbons (Fsp3) is 0.370. The summed E-state index contributed by atoms with van der Waals surface area (Å²) in [4.78, 5) is 27.0. The number of nitrogens with two attached hydrogens (primary N) is 2. The van der Waals surface area contributed by atoms with Crippen LogP contribution in [0.5, 0.6) is 0 Å². The molecule has 4 N–H and O–H groups in total. The standard InChI is InChI=1S/C52H66N4O2.2CHF3O3S/c1-35(19-15-21-37(3)23-25-45-41(7)49(57)47(29-51(45,9)10)55-31-39(5)27-43(53)33-55)17-13-14-18-36(2)20-16-22-38(4)24-26-46-42(8)50(58)48(30-52(46,11)12)56-32-40(6)28-44(54)34-56;2*2-1(3,4)8(5,6)7/h13-28,31-34,47-48H,29-30,53-54H2,1-12H3;2*(H,5,6,7)/q+2;;/p-2/b14-13+,19-15+,20-16+,25-23+,26-24+,35-17+,36-18+,37-21+,38-22+;;. The van der Waals surface area contributed by atoms with Gasteiger partial charge in [0.2, 0.25) is 23.7 Å². The van der Waals surface area contributed by atoms with E-state index in [1.54, 1.807) is 0 Å². The Balaban J connectivity index is 0.00000101. The molecule has 0 bridgehead atoms. The summed E-state index contributed by atoms with van der Waals surface area (Å²) in [5.74, 6) is 0.292. The zero-order valence-corrected chi connectivity index (χ0v) is 45.1. The van der Waals surface area contributed by atoms with Crippen molar-refractivity contribution in [1.29, 1.82) is 0 Å². The van der Waals surface area contributed by atoms with Gasteiger partial charge in [-0.25, -0.2) is 16.8 Å². The molecule has 0 amide bonds. The number of rotatable bonds is 12. The molecule has 2 aliphatic carbocycles. The number of alkyl halides is 6. The van der Waals surface area contributed by atoms with Crippen LogP contribution in [0.25, 0.3) is 0 Å². The molecule has 0 fully saturated rings. The van der Waals surface area contributed by atoms with Crippen molar-refractivity contribution in [2.75, 3.05) is 11.5 Å². The number of pyridine rings is 2. The zero-order chi connectivity index (χ0) is 56.9. The van der Waals surface area contributed by atoms with Gasteiger partial charge >= 0.3 is 11.0 Å².